The molecule has 3 aromatic rings. The standard InChI is InChI=1S/C71H95N15O25/c1-9-33(2)47(62(97)78-50(36(5)90)63(98)76-48(34(3)88)59(72)94)75-61(96)44-28-20-30-86(44)66(101)51(37(6)91)79-65(100)52(80-64(99)49(35(4)89)77-60(95)43-27-19-29-85(43)39(8)92)38(7)106-70-53(81-83-73)57(55(93)45(31-87)107-70)111-71-54(82-84-74)58(110-69(104)42-25-17-12-18-26-42)56(109-68(103)41-23-15-11-16-24-41)46(108-71)32-105-67(102)40-21-13-10-14-22-40/h10-18,21-26,33-38,43-58,70-71,87-91,93H,9,19-20,27-32H2,1-8H3,(H2,72,94)(H,75,96)(H,76,98)(H,77,95)(H,78,97)(H,79,100)(H,80,99)/t33-,34+,35+,36+,37+,38+,43-,44-,45+,46+,47-,48-,49-,50-,51-,52-,53+,54+,55-,56-,57+,58+,70-,71+/m0/s1. The molecule has 0 unspecified atom stereocenters. The van der Waals surface area contributed by atoms with Crippen LogP contribution in [0.3, 0.4) is 0 Å². The molecular formula is C71H95N15O25. The maximum atomic E-state index is 15.3. The van der Waals surface area contributed by atoms with Crippen molar-refractivity contribution in [2.75, 3.05) is 26.3 Å². The molecule has 14 N–H and O–H groups in total. The van der Waals surface area contributed by atoms with Crippen molar-refractivity contribution < 1.29 is 121 Å². The molecule has 4 heterocycles. The summed E-state index contributed by atoms with van der Waals surface area (Å²) in [7, 11) is 0. The summed E-state index contributed by atoms with van der Waals surface area (Å²) in [6.07, 6.45) is -24.0. The van der Waals surface area contributed by atoms with Crippen LogP contribution in [0.1, 0.15) is 119 Å². The molecule has 604 valence electrons. The third-order valence-electron chi connectivity index (χ3n) is 19.2. The summed E-state index contributed by atoms with van der Waals surface area (Å²) in [5.74, 6) is -13.2. The zero-order valence-corrected chi connectivity index (χ0v) is 62.0. The van der Waals surface area contributed by atoms with E-state index in [9.17, 15) is 94.4 Å². The molecule has 40 heteroatoms. The van der Waals surface area contributed by atoms with E-state index in [0.29, 0.717) is 6.42 Å². The smallest absolute Gasteiger partial charge is 0.338 e. The number of amides is 9. The van der Waals surface area contributed by atoms with Crippen LogP contribution in [0.25, 0.3) is 20.9 Å². The molecular weight excluding hydrogens is 1460 g/mol. The van der Waals surface area contributed by atoms with Gasteiger partial charge in [-0.2, -0.15) is 0 Å². The Morgan fingerprint density at radius 3 is 1.44 bits per heavy atom. The molecule has 4 saturated heterocycles. The average molecular weight is 1560 g/mol. The number of carbonyl (C=O) groups is 12. The summed E-state index contributed by atoms with van der Waals surface area (Å²) >= 11 is 0. The Morgan fingerprint density at radius 1 is 0.550 bits per heavy atom. The molecule has 0 aliphatic carbocycles. The average Bonchev–Trinajstić information content (AvgIpc) is 1.41. The predicted octanol–water partition coefficient (Wildman–Crippen LogP) is -1.79. The van der Waals surface area contributed by atoms with E-state index in [1.807, 2.05) is 0 Å². The molecule has 9 amide bonds. The number of carbonyl (C=O) groups excluding carboxylic acids is 12. The maximum Gasteiger partial charge on any atom is 0.338 e. The quantitative estimate of drug-likeness (QED) is 0.0102. The minimum atomic E-state index is -2.22. The summed E-state index contributed by atoms with van der Waals surface area (Å²) in [4.78, 5) is 175. The van der Waals surface area contributed by atoms with Crippen LogP contribution >= 0.6 is 0 Å². The first kappa shape index (κ1) is 87.7. The van der Waals surface area contributed by atoms with E-state index in [4.69, 9.17) is 38.9 Å². The molecule has 0 aromatic heterocycles. The van der Waals surface area contributed by atoms with E-state index in [0.717, 1.165) is 39.5 Å². The number of hydrogen-bond acceptors (Lipinski definition) is 27. The first-order valence-electron chi connectivity index (χ1n) is 35.9. The van der Waals surface area contributed by atoms with Crippen molar-refractivity contribution in [3.05, 3.63) is 129 Å². The Kier molecular flexibility index (Phi) is 32.4. The monoisotopic (exact) mass is 1560 g/mol. The second-order valence-corrected chi connectivity index (χ2v) is 27.3. The molecule has 0 saturated carbocycles. The van der Waals surface area contributed by atoms with Crippen LogP contribution < -0.4 is 37.6 Å². The number of hydrogen-bond donors (Lipinski definition) is 13. The molecule has 40 nitrogen and oxygen atoms in total. The van der Waals surface area contributed by atoms with Crippen molar-refractivity contribution >= 4 is 71.1 Å². The summed E-state index contributed by atoms with van der Waals surface area (Å²) in [6, 6.07) is 4.44. The molecule has 0 spiro atoms. The molecule has 4 aliphatic heterocycles. The van der Waals surface area contributed by atoms with Gasteiger partial charge in [-0.3, -0.25) is 43.2 Å². The lowest BCUT2D eigenvalue weighted by molar-refractivity contribution is -0.327. The Balaban J connectivity index is 1.24. The van der Waals surface area contributed by atoms with Gasteiger partial charge in [-0.25, -0.2) is 14.4 Å². The van der Waals surface area contributed by atoms with Gasteiger partial charge >= 0.3 is 17.9 Å². The molecule has 0 bridgehead atoms. The molecule has 4 aliphatic rings. The van der Waals surface area contributed by atoms with E-state index < -0.39 is 230 Å². The highest BCUT2D eigenvalue weighted by molar-refractivity contribution is 5.99. The fourth-order valence-corrected chi connectivity index (χ4v) is 13.0. The first-order chi connectivity index (χ1) is 52.8. The number of rotatable bonds is 35. The zero-order chi connectivity index (χ0) is 81.7. The zero-order valence-electron chi connectivity index (χ0n) is 62.0. The summed E-state index contributed by atoms with van der Waals surface area (Å²) in [5.41, 5.74) is 25.9. The van der Waals surface area contributed by atoms with Gasteiger partial charge in [0.25, 0.3) is 0 Å². The number of primary amides is 1. The molecule has 0 radical (unpaired) electrons. The number of aliphatic hydroxyl groups is 6. The second kappa shape index (κ2) is 41.0. The van der Waals surface area contributed by atoms with Crippen molar-refractivity contribution in [1.29, 1.82) is 0 Å². The predicted molar refractivity (Wildman–Crippen MR) is 382 cm³/mol. The van der Waals surface area contributed by atoms with Crippen LogP contribution in [0, 0.1) is 5.92 Å². The van der Waals surface area contributed by atoms with Crippen molar-refractivity contribution in [2.45, 2.75) is 228 Å². The number of nitrogens with two attached hydrogens (primary N) is 1. The van der Waals surface area contributed by atoms with Gasteiger partial charge in [0, 0.05) is 29.8 Å². The Labute approximate surface area is 636 Å². The number of azide groups is 2. The number of benzene rings is 3. The van der Waals surface area contributed by atoms with Gasteiger partial charge in [0.1, 0.15) is 91.4 Å². The van der Waals surface area contributed by atoms with Crippen LogP contribution in [-0.2, 0) is 76.3 Å². The molecule has 7 rings (SSSR count). The topological polar surface area (TPSA) is 593 Å². The van der Waals surface area contributed by atoms with E-state index in [1.54, 1.807) is 32.0 Å². The lowest BCUT2D eigenvalue weighted by atomic mass is 9.94. The van der Waals surface area contributed by atoms with Gasteiger partial charge in [-0.05, 0) is 114 Å². The fraction of sp³-hybridized carbons (Fsp3) is 0.577. The first-order valence-corrected chi connectivity index (χ1v) is 35.9. The van der Waals surface area contributed by atoms with Crippen LogP contribution in [0.2, 0.25) is 0 Å². The van der Waals surface area contributed by atoms with Crippen molar-refractivity contribution in [2.24, 2.45) is 21.9 Å². The third kappa shape index (κ3) is 22.6. The second-order valence-electron chi connectivity index (χ2n) is 27.3. The van der Waals surface area contributed by atoms with Gasteiger partial charge in [-0.15, -0.1) is 0 Å². The molecule has 111 heavy (non-hydrogen) atoms. The van der Waals surface area contributed by atoms with Crippen molar-refractivity contribution in [3.8, 4) is 0 Å². The Morgan fingerprint density at radius 2 is 0.964 bits per heavy atom. The molecule has 4 fully saturated rings. The van der Waals surface area contributed by atoms with Gasteiger partial charge in [0.2, 0.25) is 53.2 Å². The SMILES string of the molecule is CC[C@H](C)[C@H](NC(=O)[C@@H]1CCCN1C(=O)[C@@H](NC(=O)[C@@H](NC(=O)[C@@H](NC(=O)[C@@H]1CCCN1C(C)=O)[C@@H](C)O)[C@@H](C)O[C@H]1O[C@H](CO)[C@H](O)[C@H](O[C@H]2O[C@H](COC(=O)c3ccccc3)[C@H](OC(=O)c3ccccc3)[C@H](OC(=O)c3ccccc3)[C@H]2N=[N+]=[N-])[C@H]1N=[N+]=[N-])[C@@H](C)O)C(=O)N[C@H](C(=O)N[C@H](C(N)=O)[C@@H](C)O)[C@@H](C)O. The number of aliphatic hydroxyl groups excluding tert-OH is 6. The van der Waals surface area contributed by atoms with Crippen molar-refractivity contribution in [1.82, 2.24) is 41.7 Å². The highest BCUT2D eigenvalue weighted by Crippen LogP contribution is 2.36. The Hall–Kier alpha value is -10.5. The molecule has 3 aromatic carbocycles. The van der Waals surface area contributed by atoms with Crippen LogP contribution in [0.15, 0.2) is 101 Å². The number of nitrogens with zero attached hydrogens (tertiary/aromatic N) is 8. The lowest BCUT2D eigenvalue weighted by Gasteiger charge is -2.48. The number of likely N-dealkylation sites (tertiary alicyclic amines) is 2. The maximum absolute atomic E-state index is 15.3. The van der Waals surface area contributed by atoms with E-state index >= 15 is 4.79 Å². The Bertz CT molecular complexity index is 3860. The lowest BCUT2D eigenvalue weighted by Crippen LogP contribution is -2.66. The minimum Gasteiger partial charge on any atom is -0.459 e. The number of ether oxygens (including phenoxy) is 7. The normalized spacial score (nSPS) is 25.5. The number of esters is 3. The van der Waals surface area contributed by atoms with Gasteiger partial charge < -0.3 is 111 Å². The number of nitrogens with one attached hydrogen (secondary N) is 6. The van der Waals surface area contributed by atoms with Crippen LogP contribution in [-0.4, -0.2) is 278 Å². The van der Waals surface area contributed by atoms with Crippen LogP contribution in [0.4, 0.5) is 0 Å². The fourth-order valence-electron chi connectivity index (χ4n) is 13.0. The highest BCUT2D eigenvalue weighted by atomic mass is 16.7. The van der Waals surface area contributed by atoms with Crippen LogP contribution in [0.5, 0.6) is 0 Å². The summed E-state index contributed by atoms with van der Waals surface area (Å²) in [5, 5.41) is 88.4. The minimum absolute atomic E-state index is 0.0362. The highest BCUT2D eigenvalue weighted by Gasteiger charge is 2.56. The van der Waals surface area contributed by atoms with Crippen molar-refractivity contribution in [3.63, 3.8) is 0 Å². The largest absolute Gasteiger partial charge is 0.459 e. The summed E-state index contributed by atoms with van der Waals surface area (Å²) in [6.45, 7) is 8.03. The van der Waals surface area contributed by atoms with E-state index in [-0.39, 0.29) is 55.5 Å². The van der Waals surface area contributed by atoms with E-state index in [2.05, 4.69) is 52.0 Å². The van der Waals surface area contributed by atoms with Gasteiger partial charge in [0.15, 0.2) is 24.8 Å². The molecule has 24 atom stereocenters. The third-order valence-corrected chi connectivity index (χ3v) is 19.2. The van der Waals surface area contributed by atoms with E-state index in [1.165, 1.54) is 84.6 Å². The van der Waals surface area contributed by atoms with Gasteiger partial charge in [0.05, 0.1) is 53.8 Å². The summed E-state index contributed by atoms with van der Waals surface area (Å²) < 4.78 is 43.0. The van der Waals surface area contributed by atoms with Gasteiger partial charge in [-0.1, -0.05) is 85.1 Å².